The molecule has 0 bridgehead atoms. The molecule has 0 atom stereocenters. The third-order valence-corrected chi connectivity index (χ3v) is 8.68. The maximum absolute atomic E-state index is 6.37. The predicted molar refractivity (Wildman–Crippen MR) is 177 cm³/mol. The summed E-state index contributed by atoms with van der Waals surface area (Å²) in [7, 11) is 2.15. The summed E-state index contributed by atoms with van der Waals surface area (Å²) in [5.41, 5.74) is 11.7. The Balaban J connectivity index is 0.00000325. The fourth-order valence-electron chi connectivity index (χ4n) is 6.68. The second-order valence-electron chi connectivity index (χ2n) is 11.3. The van der Waals surface area contributed by atoms with Gasteiger partial charge in [-0.05, 0) is 77.9 Å². The van der Waals surface area contributed by atoms with Crippen molar-refractivity contribution in [1.82, 2.24) is 9.97 Å². The minimum atomic E-state index is 0. The molecule has 6 heteroatoms. The molecule has 0 saturated carbocycles. The number of fused-ring (bicyclic) bond motifs is 4. The van der Waals surface area contributed by atoms with Crippen LogP contribution in [-0.4, -0.2) is 17.0 Å². The summed E-state index contributed by atoms with van der Waals surface area (Å²) in [6, 6.07) is 41.8. The van der Waals surface area contributed by atoms with Crippen LogP contribution in [0.1, 0.15) is 22.3 Å². The Hall–Kier alpha value is -4.73. The number of hydrogen-bond acceptors (Lipinski definition) is 5. The fraction of sp³-hybridized carbons (Fsp3) is 0.128. The van der Waals surface area contributed by atoms with E-state index in [0.29, 0.717) is 5.88 Å². The molecule has 0 saturated heterocycles. The number of aryl methyl sites for hydroxylation is 4. The van der Waals surface area contributed by atoms with Crippen LogP contribution in [0.5, 0.6) is 11.6 Å². The Morgan fingerprint density at radius 1 is 0.622 bits per heavy atom. The van der Waals surface area contributed by atoms with Gasteiger partial charge in [-0.15, -0.1) is 29.8 Å². The number of rotatable bonds is 4. The van der Waals surface area contributed by atoms with E-state index in [0.717, 1.165) is 65.4 Å². The van der Waals surface area contributed by atoms with E-state index in [9.17, 15) is 0 Å². The van der Waals surface area contributed by atoms with E-state index >= 15 is 0 Å². The zero-order valence-electron chi connectivity index (χ0n) is 24.9. The fourth-order valence-corrected chi connectivity index (χ4v) is 6.68. The molecule has 0 aliphatic carbocycles. The van der Waals surface area contributed by atoms with Crippen LogP contribution in [0.15, 0.2) is 122 Å². The normalized spacial score (nSPS) is 13.3. The monoisotopic (exact) mass is 766 g/mol. The van der Waals surface area contributed by atoms with Crippen molar-refractivity contribution >= 4 is 28.6 Å². The molecule has 6 aromatic rings. The first-order valence-corrected chi connectivity index (χ1v) is 15.2. The van der Waals surface area contributed by atoms with Gasteiger partial charge < -0.3 is 14.5 Å². The van der Waals surface area contributed by atoms with Gasteiger partial charge >= 0.3 is 0 Å². The summed E-state index contributed by atoms with van der Waals surface area (Å²) in [6.07, 6.45) is 7.43. The van der Waals surface area contributed by atoms with Gasteiger partial charge in [-0.3, -0.25) is 0 Å². The van der Waals surface area contributed by atoms with E-state index in [2.05, 4.69) is 107 Å². The second-order valence-corrected chi connectivity index (χ2v) is 11.3. The van der Waals surface area contributed by atoms with Crippen LogP contribution in [0.4, 0.5) is 28.6 Å². The van der Waals surface area contributed by atoms with Crippen molar-refractivity contribution < 1.29 is 25.8 Å². The number of aromatic nitrogens is 2. The van der Waals surface area contributed by atoms with Crippen LogP contribution in [0, 0.1) is 6.07 Å². The standard InChI is InChI=1S/C39H31N4O.Pt/c1-42-37-28(21-22-29-12-8-18-35(38(29)42)44-36-19-4-5-24-40-36)11-7-16-33(37)31-13-6-15-32(26-31)43-34-17-3-2-10-27(34)20-23-30-14-9-25-41-39(30)43;/h2-19,24-25H,20-23H2,1H3;/q-1;. The maximum atomic E-state index is 6.37. The molecule has 2 aliphatic heterocycles. The van der Waals surface area contributed by atoms with Gasteiger partial charge in [0, 0.05) is 57.9 Å². The Morgan fingerprint density at radius 3 is 2.18 bits per heavy atom. The van der Waals surface area contributed by atoms with Crippen molar-refractivity contribution in [2.24, 2.45) is 0 Å². The van der Waals surface area contributed by atoms with E-state index in [-0.39, 0.29) is 21.1 Å². The molecule has 224 valence electrons. The molecule has 8 rings (SSSR count). The zero-order chi connectivity index (χ0) is 29.5. The number of ether oxygens (including phenoxy) is 1. The summed E-state index contributed by atoms with van der Waals surface area (Å²) in [5.74, 6) is 2.35. The summed E-state index contributed by atoms with van der Waals surface area (Å²) >= 11 is 0. The molecule has 5 nitrogen and oxygen atoms in total. The van der Waals surface area contributed by atoms with E-state index in [1.807, 2.05) is 36.5 Å². The minimum absolute atomic E-state index is 0. The molecule has 4 aromatic carbocycles. The summed E-state index contributed by atoms with van der Waals surface area (Å²) < 4.78 is 6.37. The molecular weight excluding hydrogens is 736 g/mol. The smallest absolute Gasteiger partial charge is 0.219 e. The number of anilines is 5. The number of nitrogens with zero attached hydrogens (tertiary/aromatic N) is 4. The molecule has 0 N–H and O–H groups in total. The van der Waals surface area contributed by atoms with Gasteiger partial charge in [0.1, 0.15) is 5.82 Å². The number of pyridine rings is 2. The largest absolute Gasteiger partial charge is 0.437 e. The Bertz CT molecular complexity index is 1950. The van der Waals surface area contributed by atoms with Crippen molar-refractivity contribution in [2.75, 3.05) is 16.8 Å². The number of hydrogen-bond donors (Lipinski definition) is 0. The number of benzene rings is 4. The van der Waals surface area contributed by atoms with Crippen molar-refractivity contribution in [2.45, 2.75) is 25.7 Å². The Morgan fingerprint density at radius 2 is 1.31 bits per heavy atom. The van der Waals surface area contributed by atoms with Crippen LogP contribution < -0.4 is 14.5 Å². The zero-order valence-corrected chi connectivity index (χ0v) is 27.2. The number of para-hydroxylation sites is 3. The van der Waals surface area contributed by atoms with Crippen LogP contribution in [-0.2, 0) is 46.7 Å². The molecule has 0 spiro atoms. The minimum Gasteiger partial charge on any atom is -0.437 e. The summed E-state index contributed by atoms with van der Waals surface area (Å²) in [5, 5.41) is 0. The molecule has 0 fully saturated rings. The molecule has 0 unspecified atom stereocenters. The van der Waals surface area contributed by atoms with E-state index in [4.69, 9.17) is 9.72 Å². The summed E-state index contributed by atoms with van der Waals surface area (Å²) in [4.78, 5) is 13.9. The first-order valence-electron chi connectivity index (χ1n) is 15.2. The van der Waals surface area contributed by atoms with E-state index in [1.54, 1.807) is 6.20 Å². The topological polar surface area (TPSA) is 41.5 Å². The second kappa shape index (κ2) is 12.3. The van der Waals surface area contributed by atoms with Gasteiger partial charge in [-0.1, -0.05) is 66.2 Å². The Kier molecular flexibility index (Phi) is 7.95. The molecule has 4 heterocycles. The molecule has 45 heavy (non-hydrogen) atoms. The van der Waals surface area contributed by atoms with Gasteiger partial charge in [-0.2, -0.15) is 0 Å². The average molecular weight is 767 g/mol. The van der Waals surface area contributed by atoms with Crippen molar-refractivity contribution in [3.63, 3.8) is 0 Å². The average Bonchev–Trinajstić information content (AvgIpc) is 3.34. The van der Waals surface area contributed by atoms with Crippen molar-refractivity contribution in [3.8, 4) is 22.8 Å². The van der Waals surface area contributed by atoms with Crippen molar-refractivity contribution in [3.05, 3.63) is 150 Å². The van der Waals surface area contributed by atoms with Gasteiger partial charge in [-0.25, -0.2) is 9.97 Å². The van der Waals surface area contributed by atoms with E-state index < -0.39 is 0 Å². The predicted octanol–water partition coefficient (Wildman–Crippen LogP) is 9.17. The quantitative estimate of drug-likeness (QED) is 0.168. The maximum Gasteiger partial charge on any atom is 0.219 e. The van der Waals surface area contributed by atoms with Crippen LogP contribution in [0.25, 0.3) is 11.1 Å². The SMILES string of the molecule is CN1c2c(cccc2Oc2ccccn2)CCc2cccc(-c3[c-]c(N4c5ccccc5CCc5cccnc54)ccc3)c21.[Pt]. The third-order valence-electron chi connectivity index (χ3n) is 8.68. The summed E-state index contributed by atoms with van der Waals surface area (Å²) in [6.45, 7) is 0. The molecule has 0 amide bonds. The van der Waals surface area contributed by atoms with E-state index in [1.165, 1.54) is 27.9 Å². The molecule has 0 radical (unpaired) electrons. The van der Waals surface area contributed by atoms with Crippen LogP contribution in [0.2, 0.25) is 0 Å². The first-order chi connectivity index (χ1) is 21.7. The molecule has 2 aromatic heterocycles. The van der Waals surface area contributed by atoms with Gasteiger partial charge in [0.2, 0.25) is 5.88 Å². The van der Waals surface area contributed by atoms with Crippen LogP contribution in [0.3, 0.4) is 0 Å². The van der Waals surface area contributed by atoms with Crippen LogP contribution >= 0.6 is 0 Å². The third kappa shape index (κ3) is 5.32. The first kappa shape index (κ1) is 29.0. The van der Waals surface area contributed by atoms with Gasteiger partial charge in [0.15, 0.2) is 5.75 Å². The molecular formula is C39H31N4OPt-. The van der Waals surface area contributed by atoms with Gasteiger partial charge in [0.25, 0.3) is 0 Å². The van der Waals surface area contributed by atoms with Gasteiger partial charge in [0.05, 0.1) is 5.69 Å². The molecule has 2 aliphatic rings. The Labute approximate surface area is 278 Å². The van der Waals surface area contributed by atoms with Crippen molar-refractivity contribution in [1.29, 1.82) is 0 Å².